The van der Waals surface area contributed by atoms with Crippen LogP contribution in [0, 0.1) is 0 Å². The Hall–Kier alpha value is -2.74. The number of aliphatic hydroxyl groups excluding tert-OH is 3. The number of hydrogen-bond acceptors (Lipinski definition) is 7. The maximum atomic E-state index is 12.1. The number of ether oxygens (including phenoxy) is 2. The van der Waals surface area contributed by atoms with Crippen LogP contribution in [0.25, 0.3) is 0 Å². The summed E-state index contributed by atoms with van der Waals surface area (Å²) in [6.45, 7) is 3.74. The van der Waals surface area contributed by atoms with E-state index in [4.69, 9.17) is 9.47 Å². The molecule has 256 valence electrons. The van der Waals surface area contributed by atoms with Gasteiger partial charge in [-0.3, -0.25) is 9.59 Å². The lowest BCUT2D eigenvalue weighted by Crippen LogP contribution is -2.28. The topological polar surface area (TPSA) is 113 Å². The first kappa shape index (κ1) is 42.3. The Morgan fingerprint density at radius 1 is 0.667 bits per heavy atom. The molecule has 0 unspecified atom stereocenters. The standard InChI is InChI=1S/C38H62O7/c1-3-5-7-8-9-10-11-15-18-24-30-37(42)44-33-36(32-39)45-38(43)31-25-19-23-29-35(41)28-22-17-14-12-13-16-21-27-34(40)26-20-6-4-2/h6,13-14,16-17,20-23,27-29,34-36,39-41H,3-5,7-12,15,18-19,24-26,30-33H2,1-2H3/b16-13-,17-14-,20-6-,27-21+,28-22+,29-23-/t34-,35-,36-/m0/s1. The molecule has 0 radical (unpaired) electrons. The van der Waals surface area contributed by atoms with Crippen LogP contribution >= 0.6 is 0 Å². The van der Waals surface area contributed by atoms with Gasteiger partial charge in [-0.1, -0.05) is 145 Å². The second kappa shape index (κ2) is 32.6. The number of hydrogen-bond donors (Lipinski definition) is 3. The molecule has 3 atom stereocenters. The van der Waals surface area contributed by atoms with Crippen molar-refractivity contribution in [2.24, 2.45) is 0 Å². The minimum absolute atomic E-state index is 0.139. The summed E-state index contributed by atoms with van der Waals surface area (Å²) in [5.74, 6) is -0.784. The van der Waals surface area contributed by atoms with Gasteiger partial charge in [0.25, 0.3) is 0 Å². The quantitative estimate of drug-likeness (QED) is 0.0331. The number of unbranched alkanes of at least 4 members (excludes halogenated alkanes) is 10. The molecule has 0 saturated heterocycles. The molecule has 0 rings (SSSR count). The molecule has 0 aliphatic carbocycles. The van der Waals surface area contributed by atoms with E-state index < -0.39 is 30.9 Å². The van der Waals surface area contributed by atoms with E-state index in [1.54, 1.807) is 24.3 Å². The minimum Gasteiger partial charge on any atom is -0.462 e. The van der Waals surface area contributed by atoms with Crippen molar-refractivity contribution in [3.8, 4) is 0 Å². The van der Waals surface area contributed by atoms with Crippen molar-refractivity contribution in [1.82, 2.24) is 0 Å². The lowest BCUT2D eigenvalue weighted by Gasteiger charge is -2.15. The largest absolute Gasteiger partial charge is 0.462 e. The average Bonchev–Trinajstić information content (AvgIpc) is 3.03. The third-order valence-corrected chi connectivity index (χ3v) is 6.94. The fraction of sp³-hybridized carbons (Fsp3) is 0.632. The maximum Gasteiger partial charge on any atom is 0.306 e. The van der Waals surface area contributed by atoms with E-state index in [1.165, 1.54) is 44.9 Å². The highest BCUT2D eigenvalue weighted by Crippen LogP contribution is 2.12. The second-order valence-electron chi connectivity index (χ2n) is 11.3. The van der Waals surface area contributed by atoms with Gasteiger partial charge in [-0.2, -0.15) is 0 Å². The molecule has 0 spiro atoms. The van der Waals surface area contributed by atoms with Gasteiger partial charge < -0.3 is 24.8 Å². The molecule has 45 heavy (non-hydrogen) atoms. The molecular formula is C38H62O7. The zero-order valence-electron chi connectivity index (χ0n) is 28.1. The van der Waals surface area contributed by atoms with E-state index in [0.717, 1.165) is 32.1 Å². The number of carbonyl (C=O) groups is 2. The Labute approximate surface area is 273 Å². The first-order chi connectivity index (χ1) is 21.9. The molecule has 7 nitrogen and oxygen atoms in total. The monoisotopic (exact) mass is 630 g/mol. The van der Waals surface area contributed by atoms with E-state index in [9.17, 15) is 24.9 Å². The van der Waals surface area contributed by atoms with E-state index in [-0.39, 0.29) is 19.0 Å². The molecule has 0 bridgehead atoms. The van der Waals surface area contributed by atoms with Crippen molar-refractivity contribution in [1.29, 1.82) is 0 Å². The SMILES string of the molecule is CC/C=C\C[C@H](O)/C=C/C=C\C/C=C\C=C\[C@H](O)/C=C\CCCC(=O)O[C@@H](CO)COC(=O)CCCCCCCCCCCC. The van der Waals surface area contributed by atoms with Crippen LogP contribution in [0.3, 0.4) is 0 Å². The molecule has 0 aliphatic heterocycles. The Morgan fingerprint density at radius 3 is 1.93 bits per heavy atom. The molecule has 0 amide bonds. The zero-order chi connectivity index (χ0) is 33.2. The molecule has 0 aliphatic rings. The molecule has 0 fully saturated rings. The summed E-state index contributed by atoms with van der Waals surface area (Å²) in [5, 5.41) is 29.3. The van der Waals surface area contributed by atoms with Crippen LogP contribution in [-0.4, -0.2) is 58.8 Å². The summed E-state index contributed by atoms with van der Waals surface area (Å²) in [4.78, 5) is 24.1. The lowest BCUT2D eigenvalue weighted by atomic mass is 10.1. The predicted octanol–water partition coefficient (Wildman–Crippen LogP) is 8.16. The summed E-state index contributed by atoms with van der Waals surface area (Å²) in [7, 11) is 0. The van der Waals surface area contributed by atoms with Crippen molar-refractivity contribution < 1.29 is 34.4 Å². The van der Waals surface area contributed by atoms with E-state index in [1.807, 2.05) is 48.6 Å². The van der Waals surface area contributed by atoms with Gasteiger partial charge in [0.1, 0.15) is 6.61 Å². The molecular weight excluding hydrogens is 568 g/mol. The smallest absolute Gasteiger partial charge is 0.306 e. The van der Waals surface area contributed by atoms with Gasteiger partial charge >= 0.3 is 11.9 Å². The average molecular weight is 631 g/mol. The first-order valence-corrected chi connectivity index (χ1v) is 17.2. The van der Waals surface area contributed by atoms with E-state index in [0.29, 0.717) is 25.7 Å². The highest BCUT2D eigenvalue weighted by Gasteiger charge is 2.16. The number of esters is 2. The normalized spacial score (nSPS) is 14.5. The summed E-state index contributed by atoms with van der Waals surface area (Å²) < 4.78 is 10.4. The molecule has 0 heterocycles. The van der Waals surface area contributed by atoms with Gasteiger partial charge in [-0.05, 0) is 38.5 Å². The van der Waals surface area contributed by atoms with Crippen LogP contribution in [0.5, 0.6) is 0 Å². The van der Waals surface area contributed by atoms with Gasteiger partial charge in [0.2, 0.25) is 0 Å². The van der Waals surface area contributed by atoms with Gasteiger partial charge in [-0.25, -0.2) is 0 Å². The third kappa shape index (κ3) is 31.0. The fourth-order valence-corrected chi connectivity index (χ4v) is 4.29. The highest BCUT2D eigenvalue weighted by molar-refractivity contribution is 5.70. The van der Waals surface area contributed by atoms with Gasteiger partial charge in [0, 0.05) is 12.8 Å². The fourth-order valence-electron chi connectivity index (χ4n) is 4.29. The van der Waals surface area contributed by atoms with Crippen molar-refractivity contribution in [3.63, 3.8) is 0 Å². The summed E-state index contributed by atoms with van der Waals surface area (Å²) in [6.07, 6.45) is 36.1. The Bertz CT molecular complexity index is 885. The second-order valence-corrected chi connectivity index (χ2v) is 11.3. The summed E-state index contributed by atoms with van der Waals surface area (Å²) >= 11 is 0. The number of carbonyl (C=O) groups excluding carboxylic acids is 2. The Kier molecular flexibility index (Phi) is 30.7. The summed E-state index contributed by atoms with van der Waals surface area (Å²) in [5.41, 5.74) is 0. The van der Waals surface area contributed by atoms with Crippen LogP contribution in [-0.2, 0) is 19.1 Å². The molecule has 0 saturated carbocycles. The number of aliphatic hydroxyl groups is 3. The van der Waals surface area contributed by atoms with Crippen LogP contribution in [0.2, 0.25) is 0 Å². The lowest BCUT2D eigenvalue weighted by molar-refractivity contribution is -0.161. The van der Waals surface area contributed by atoms with Crippen molar-refractivity contribution >= 4 is 11.9 Å². The van der Waals surface area contributed by atoms with Crippen LogP contribution in [0.1, 0.15) is 123 Å². The minimum atomic E-state index is -0.859. The van der Waals surface area contributed by atoms with E-state index >= 15 is 0 Å². The van der Waals surface area contributed by atoms with Crippen molar-refractivity contribution in [3.05, 3.63) is 72.9 Å². The summed E-state index contributed by atoms with van der Waals surface area (Å²) in [6, 6.07) is 0. The zero-order valence-corrected chi connectivity index (χ0v) is 28.1. The highest BCUT2D eigenvalue weighted by atomic mass is 16.6. The molecule has 0 aromatic rings. The van der Waals surface area contributed by atoms with Crippen LogP contribution in [0.15, 0.2) is 72.9 Å². The molecule has 3 N–H and O–H groups in total. The van der Waals surface area contributed by atoms with Crippen LogP contribution in [0.4, 0.5) is 0 Å². The van der Waals surface area contributed by atoms with Gasteiger partial charge in [-0.15, -0.1) is 0 Å². The Morgan fingerprint density at radius 2 is 1.29 bits per heavy atom. The van der Waals surface area contributed by atoms with Gasteiger partial charge in [0.15, 0.2) is 6.10 Å². The predicted molar refractivity (Wildman–Crippen MR) is 185 cm³/mol. The van der Waals surface area contributed by atoms with Crippen molar-refractivity contribution in [2.75, 3.05) is 13.2 Å². The van der Waals surface area contributed by atoms with E-state index in [2.05, 4.69) is 13.8 Å². The number of allylic oxidation sites excluding steroid dienone is 8. The molecule has 7 heteroatoms. The third-order valence-electron chi connectivity index (χ3n) is 6.94. The first-order valence-electron chi connectivity index (χ1n) is 17.2. The molecule has 0 aromatic heterocycles. The van der Waals surface area contributed by atoms with Gasteiger partial charge in [0.05, 0.1) is 18.8 Å². The molecule has 0 aromatic carbocycles. The van der Waals surface area contributed by atoms with Crippen LogP contribution < -0.4 is 0 Å². The maximum absolute atomic E-state index is 12.1. The van der Waals surface area contributed by atoms with Crippen molar-refractivity contribution in [2.45, 2.75) is 141 Å². The number of rotatable bonds is 29. The Balaban J connectivity index is 3.94.